The van der Waals surface area contributed by atoms with Crippen molar-refractivity contribution in [2.24, 2.45) is 5.10 Å². The molecule has 0 radical (unpaired) electrons. The van der Waals surface area contributed by atoms with Crippen LogP contribution >= 0.6 is 24.0 Å². The summed E-state index contributed by atoms with van der Waals surface area (Å²) in [4.78, 5) is 6.58. The molecule has 1 aliphatic heterocycles. The largest absolute Gasteiger partial charge is 0.497 e. The van der Waals surface area contributed by atoms with Crippen LogP contribution in [-0.4, -0.2) is 62.3 Å². The summed E-state index contributed by atoms with van der Waals surface area (Å²) in [6, 6.07) is 11.6. The predicted molar refractivity (Wildman–Crippen MR) is 119 cm³/mol. The number of hydrogen-bond donors (Lipinski definition) is 0. The van der Waals surface area contributed by atoms with Gasteiger partial charge in [-0.25, -0.2) is 4.68 Å². The van der Waals surface area contributed by atoms with Crippen molar-refractivity contribution in [1.29, 1.82) is 0 Å². The summed E-state index contributed by atoms with van der Waals surface area (Å²) in [6.45, 7) is 2.74. The van der Waals surface area contributed by atoms with Crippen LogP contribution in [0, 0.1) is 4.77 Å². The van der Waals surface area contributed by atoms with E-state index in [1.807, 2.05) is 52.8 Å². The fourth-order valence-corrected chi connectivity index (χ4v) is 4.23. The average molecular weight is 427 g/mol. The Kier molecular flexibility index (Phi) is 6.38. The van der Waals surface area contributed by atoms with Gasteiger partial charge in [0.15, 0.2) is 5.82 Å². The lowest BCUT2D eigenvalue weighted by molar-refractivity contribution is 0.226. The van der Waals surface area contributed by atoms with Crippen molar-refractivity contribution >= 4 is 30.2 Å². The summed E-state index contributed by atoms with van der Waals surface area (Å²) in [5.41, 5.74) is 1.82. The Morgan fingerprint density at radius 2 is 2.00 bits per heavy atom. The Labute approximate surface area is 179 Å². The molecule has 0 saturated carbocycles. The molecule has 4 rings (SSSR count). The second-order valence-corrected chi connectivity index (χ2v) is 8.14. The van der Waals surface area contributed by atoms with Gasteiger partial charge in [0.2, 0.25) is 4.77 Å². The first-order valence-corrected chi connectivity index (χ1v) is 10.9. The Balaban J connectivity index is 1.68. The molecule has 9 heteroatoms. The van der Waals surface area contributed by atoms with Gasteiger partial charge in [0.25, 0.3) is 0 Å². The highest BCUT2D eigenvalue weighted by Gasteiger charge is 2.16. The predicted octanol–water partition coefficient (Wildman–Crippen LogP) is 3.37. The molecule has 0 aliphatic carbocycles. The number of nitrogens with zero attached hydrogens (tertiary/aromatic N) is 6. The molecule has 3 aromatic rings. The van der Waals surface area contributed by atoms with Gasteiger partial charge in [-0.1, -0.05) is 0 Å². The fourth-order valence-electron chi connectivity index (χ4n) is 3.02. The normalized spacial score (nSPS) is 15.1. The van der Waals surface area contributed by atoms with E-state index in [0.29, 0.717) is 17.3 Å². The zero-order valence-electron chi connectivity index (χ0n) is 16.1. The first-order chi connectivity index (χ1) is 14.2. The third kappa shape index (κ3) is 4.75. The minimum Gasteiger partial charge on any atom is -0.497 e. The number of benzene rings is 1. The van der Waals surface area contributed by atoms with E-state index in [2.05, 4.69) is 15.0 Å². The van der Waals surface area contributed by atoms with Gasteiger partial charge in [-0.15, -0.1) is 5.10 Å². The lowest BCUT2D eigenvalue weighted by Crippen LogP contribution is -2.34. The Hall–Kier alpha value is -2.49. The maximum absolute atomic E-state index is 5.71. The van der Waals surface area contributed by atoms with E-state index >= 15 is 0 Å². The molecule has 1 aromatic carbocycles. The van der Waals surface area contributed by atoms with Gasteiger partial charge >= 0.3 is 0 Å². The SMILES string of the molecule is COc1ccc(C=Nn2c(-c3cccnc3)nn(CN3CCSCC3)c2=S)cc1. The summed E-state index contributed by atoms with van der Waals surface area (Å²) >= 11 is 7.70. The van der Waals surface area contributed by atoms with Crippen LogP contribution in [0.5, 0.6) is 5.75 Å². The van der Waals surface area contributed by atoms with Crippen LogP contribution < -0.4 is 4.74 Å². The Morgan fingerprint density at radius 1 is 1.21 bits per heavy atom. The molecule has 0 N–H and O–H groups in total. The van der Waals surface area contributed by atoms with Gasteiger partial charge in [-0.2, -0.15) is 21.5 Å². The number of rotatable bonds is 6. The monoisotopic (exact) mass is 426 g/mol. The van der Waals surface area contributed by atoms with Gasteiger partial charge in [0.1, 0.15) is 5.75 Å². The van der Waals surface area contributed by atoms with Gasteiger partial charge in [-0.3, -0.25) is 9.88 Å². The van der Waals surface area contributed by atoms with Crippen LogP contribution in [0.15, 0.2) is 53.9 Å². The summed E-state index contributed by atoms with van der Waals surface area (Å²) in [6.07, 6.45) is 5.29. The first kappa shape index (κ1) is 19.8. The van der Waals surface area contributed by atoms with E-state index in [-0.39, 0.29) is 0 Å². The van der Waals surface area contributed by atoms with Crippen molar-refractivity contribution in [1.82, 2.24) is 24.3 Å². The molecular formula is C20H22N6OS2. The molecule has 29 heavy (non-hydrogen) atoms. The van der Waals surface area contributed by atoms with Crippen LogP contribution in [0.1, 0.15) is 5.56 Å². The summed E-state index contributed by atoms with van der Waals surface area (Å²) in [7, 11) is 1.65. The van der Waals surface area contributed by atoms with Crippen LogP contribution in [0.3, 0.4) is 0 Å². The fraction of sp³-hybridized carbons (Fsp3) is 0.300. The molecule has 3 heterocycles. The van der Waals surface area contributed by atoms with Crippen molar-refractivity contribution in [2.45, 2.75) is 6.67 Å². The average Bonchev–Trinajstić information content (AvgIpc) is 3.09. The molecule has 0 bridgehead atoms. The Bertz CT molecular complexity index is 1020. The van der Waals surface area contributed by atoms with Crippen LogP contribution in [-0.2, 0) is 6.67 Å². The van der Waals surface area contributed by atoms with E-state index in [9.17, 15) is 0 Å². The number of aromatic nitrogens is 4. The van der Waals surface area contributed by atoms with Crippen molar-refractivity contribution in [3.05, 3.63) is 59.1 Å². The molecule has 150 valence electrons. The van der Waals surface area contributed by atoms with E-state index in [0.717, 1.165) is 41.5 Å². The topological polar surface area (TPSA) is 60.5 Å². The maximum atomic E-state index is 5.71. The zero-order chi connectivity index (χ0) is 20.1. The lowest BCUT2D eigenvalue weighted by Gasteiger charge is -2.25. The number of ether oxygens (including phenoxy) is 1. The molecule has 0 atom stereocenters. The van der Waals surface area contributed by atoms with Gasteiger partial charge < -0.3 is 4.74 Å². The molecule has 1 saturated heterocycles. The second-order valence-electron chi connectivity index (χ2n) is 6.55. The van der Waals surface area contributed by atoms with E-state index in [1.165, 1.54) is 0 Å². The molecule has 0 unspecified atom stereocenters. The summed E-state index contributed by atoms with van der Waals surface area (Å²) < 4.78 is 9.32. The quantitative estimate of drug-likeness (QED) is 0.445. The van der Waals surface area contributed by atoms with Crippen LogP contribution in [0.2, 0.25) is 0 Å². The standard InChI is InChI=1S/C20H22N6OS2/c1-27-18-6-4-16(5-7-18)13-22-26-19(17-3-2-8-21-14-17)23-25(20(26)28)15-24-9-11-29-12-10-24/h2-8,13-14H,9-12,15H2,1H3. The highest BCUT2D eigenvalue weighted by molar-refractivity contribution is 7.99. The van der Waals surface area contributed by atoms with Gasteiger partial charge in [-0.05, 0) is 54.2 Å². The van der Waals surface area contributed by atoms with Crippen molar-refractivity contribution in [3.8, 4) is 17.1 Å². The first-order valence-electron chi connectivity index (χ1n) is 9.33. The third-order valence-electron chi connectivity index (χ3n) is 4.61. The number of hydrogen-bond acceptors (Lipinski definition) is 7. The molecule has 1 aliphatic rings. The van der Waals surface area contributed by atoms with E-state index < -0.39 is 0 Å². The smallest absolute Gasteiger partial charge is 0.220 e. The van der Waals surface area contributed by atoms with Crippen LogP contribution in [0.4, 0.5) is 0 Å². The maximum Gasteiger partial charge on any atom is 0.220 e. The molecule has 2 aromatic heterocycles. The number of methoxy groups -OCH3 is 1. The van der Waals surface area contributed by atoms with Crippen LogP contribution in [0.25, 0.3) is 11.4 Å². The molecule has 0 spiro atoms. The minimum absolute atomic E-state index is 0.562. The third-order valence-corrected chi connectivity index (χ3v) is 5.94. The molecular weight excluding hydrogens is 404 g/mol. The van der Waals surface area contributed by atoms with Gasteiger partial charge in [0, 0.05) is 42.6 Å². The highest BCUT2D eigenvalue weighted by Crippen LogP contribution is 2.18. The van der Waals surface area contributed by atoms with Crippen molar-refractivity contribution in [3.63, 3.8) is 0 Å². The summed E-state index contributed by atoms with van der Waals surface area (Å²) in [5, 5.41) is 9.40. The molecule has 7 nitrogen and oxygen atoms in total. The second kappa shape index (κ2) is 9.34. The van der Waals surface area contributed by atoms with Crippen molar-refractivity contribution < 1.29 is 4.74 Å². The minimum atomic E-state index is 0.562. The van der Waals surface area contributed by atoms with E-state index in [4.69, 9.17) is 22.1 Å². The lowest BCUT2D eigenvalue weighted by atomic mass is 10.2. The number of pyridine rings is 1. The zero-order valence-corrected chi connectivity index (χ0v) is 17.8. The molecule has 1 fully saturated rings. The Morgan fingerprint density at radius 3 is 2.69 bits per heavy atom. The van der Waals surface area contributed by atoms with Crippen molar-refractivity contribution in [2.75, 3.05) is 31.7 Å². The number of thioether (sulfide) groups is 1. The van der Waals surface area contributed by atoms with E-state index in [1.54, 1.807) is 30.4 Å². The highest BCUT2D eigenvalue weighted by atomic mass is 32.2. The van der Waals surface area contributed by atoms with Gasteiger partial charge in [0.05, 0.1) is 20.0 Å². The summed E-state index contributed by atoms with van der Waals surface area (Å²) in [5.74, 6) is 3.76. The molecule has 0 amide bonds.